The van der Waals surface area contributed by atoms with Crippen molar-refractivity contribution in [2.24, 2.45) is 5.41 Å². The van der Waals surface area contributed by atoms with Crippen LogP contribution in [0.1, 0.15) is 20.3 Å². The lowest BCUT2D eigenvalue weighted by Crippen LogP contribution is -2.31. The lowest BCUT2D eigenvalue weighted by molar-refractivity contribution is -0.115. The first-order valence-electron chi connectivity index (χ1n) is 6.97. The third-order valence-corrected chi connectivity index (χ3v) is 3.85. The molecule has 0 radical (unpaired) electrons. The van der Waals surface area contributed by atoms with Gasteiger partial charge in [-0.15, -0.1) is 0 Å². The highest BCUT2D eigenvalue weighted by atomic mass is 16.6. The minimum atomic E-state index is -0.0376. The molecule has 0 saturated heterocycles. The molecule has 0 aromatic heterocycles. The van der Waals surface area contributed by atoms with Gasteiger partial charge in [0.2, 0.25) is 5.91 Å². The third kappa shape index (κ3) is 2.88. The van der Waals surface area contributed by atoms with E-state index in [-0.39, 0.29) is 5.91 Å². The van der Waals surface area contributed by atoms with Gasteiger partial charge in [0.25, 0.3) is 0 Å². The fraction of sp³-hybridized carbons (Fsp3) is 0.533. The molecule has 1 unspecified atom stereocenters. The summed E-state index contributed by atoms with van der Waals surface area (Å²) >= 11 is 0. The van der Waals surface area contributed by atoms with Gasteiger partial charge in [-0.1, -0.05) is 13.8 Å². The molecule has 1 fully saturated rings. The van der Waals surface area contributed by atoms with Crippen molar-refractivity contribution in [1.29, 1.82) is 0 Å². The molecule has 20 heavy (non-hydrogen) atoms. The number of amides is 1. The molecule has 0 spiro atoms. The maximum absolute atomic E-state index is 11.9. The number of benzene rings is 1. The molecule has 1 atom stereocenters. The normalized spacial score (nSPS) is 22.2. The number of carbonyl (C=O) groups is 1. The monoisotopic (exact) mass is 276 g/mol. The summed E-state index contributed by atoms with van der Waals surface area (Å²) in [5.41, 5.74) is 1.06. The number of ether oxygens (including phenoxy) is 2. The number of nitrogens with one attached hydrogen (secondary N) is 2. The van der Waals surface area contributed by atoms with E-state index < -0.39 is 0 Å². The summed E-state index contributed by atoms with van der Waals surface area (Å²) in [6.45, 7) is 5.85. The summed E-state index contributed by atoms with van der Waals surface area (Å²) in [7, 11) is 0. The van der Waals surface area contributed by atoms with Crippen molar-refractivity contribution in [3.05, 3.63) is 18.2 Å². The Morgan fingerprint density at radius 2 is 2.00 bits per heavy atom. The summed E-state index contributed by atoms with van der Waals surface area (Å²) in [6, 6.07) is 5.90. The lowest BCUT2D eigenvalue weighted by Gasteiger charge is -2.19. The van der Waals surface area contributed by atoms with Gasteiger partial charge in [0, 0.05) is 17.8 Å². The predicted molar refractivity (Wildman–Crippen MR) is 76.3 cm³/mol. The Morgan fingerprint density at radius 1 is 1.30 bits per heavy atom. The molecule has 3 rings (SSSR count). The van der Waals surface area contributed by atoms with E-state index in [0.717, 1.165) is 17.9 Å². The second kappa shape index (κ2) is 4.98. The van der Waals surface area contributed by atoms with Gasteiger partial charge in [-0.2, -0.15) is 0 Å². The Balaban J connectivity index is 1.53. The molecule has 108 valence electrons. The van der Waals surface area contributed by atoms with Gasteiger partial charge in [0.15, 0.2) is 11.5 Å². The Kier molecular flexibility index (Phi) is 3.30. The number of hydrogen-bond donors (Lipinski definition) is 2. The van der Waals surface area contributed by atoms with Crippen molar-refractivity contribution in [1.82, 2.24) is 5.32 Å². The molecule has 1 amide bonds. The zero-order valence-corrected chi connectivity index (χ0v) is 11.9. The highest BCUT2D eigenvalue weighted by Gasteiger charge is 2.45. The molecule has 1 aromatic rings. The first kappa shape index (κ1) is 13.2. The van der Waals surface area contributed by atoms with Gasteiger partial charge in [-0.25, -0.2) is 0 Å². The largest absolute Gasteiger partial charge is 0.486 e. The van der Waals surface area contributed by atoms with Crippen molar-refractivity contribution in [2.45, 2.75) is 26.3 Å². The molecule has 5 heteroatoms. The van der Waals surface area contributed by atoms with E-state index in [9.17, 15) is 4.79 Å². The molecule has 2 N–H and O–H groups in total. The third-order valence-electron chi connectivity index (χ3n) is 3.85. The van der Waals surface area contributed by atoms with E-state index in [0.29, 0.717) is 37.0 Å². The highest BCUT2D eigenvalue weighted by molar-refractivity contribution is 5.92. The SMILES string of the molecule is CC1(C)CC1NCC(=O)Nc1ccc2c(c1)OCCO2. The van der Waals surface area contributed by atoms with Gasteiger partial charge >= 0.3 is 0 Å². The van der Waals surface area contributed by atoms with Crippen LogP contribution in [0.4, 0.5) is 5.69 Å². The Morgan fingerprint density at radius 3 is 2.70 bits per heavy atom. The van der Waals surface area contributed by atoms with Crippen LogP contribution in [0.15, 0.2) is 18.2 Å². The first-order chi connectivity index (χ1) is 9.54. The van der Waals surface area contributed by atoms with Crippen molar-refractivity contribution >= 4 is 11.6 Å². The van der Waals surface area contributed by atoms with Crippen LogP contribution in [0.25, 0.3) is 0 Å². The topological polar surface area (TPSA) is 59.6 Å². The van der Waals surface area contributed by atoms with Crippen LogP contribution in [0.5, 0.6) is 11.5 Å². The lowest BCUT2D eigenvalue weighted by atomic mass is 10.2. The zero-order valence-electron chi connectivity index (χ0n) is 11.9. The molecular formula is C15H20N2O3. The van der Waals surface area contributed by atoms with E-state index >= 15 is 0 Å². The van der Waals surface area contributed by atoms with E-state index in [1.165, 1.54) is 0 Å². The molecule has 1 heterocycles. The molecule has 1 aliphatic carbocycles. The Labute approximate surface area is 118 Å². The van der Waals surface area contributed by atoms with Crippen molar-refractivity contribution in [3.8, 4) is 11.5 Å². The van der Waals surface area contributed by atoms with E-state index in [1.807, 2.05) is 12.1 Å². The highest BCUT2D eigenvalue weighted by Crippen LogP contribution is 2.44. The van der Waals surface area contributed by atoms with Crippen LogP contribution in [-0.2, 0) is 4.79 Å². The number of fused-ring (bicyclic) bond motifs is 1. The molecule has 5 nitrogen and oxygen atoms in total. The fourth-order valence-corrected chi connectivity index (χ4v) is 2.36. The maximum Gasteiger partial charge on any atom is 0.238 e. The number of rotatable bonds is 4. The van der Waals surface area contributed by atoms with Crippen molar-refractivity contribution in [3.63, 3.8) is 0 Å². The van der Waals surface area contributed by atoms with E-state index in [4.69, 9.17) is 9.47 Å². The van der Waals surface area contributed by atoms with Gasteiger partial charge < -0.3 is 20.1 Å². The summed E-state index contributed by atoms with van der Waals surface area (Å²) in [5, 5.41) is 6.13. The molecule has 1 aliphatic heterocycles. The number of hydrogen-bond acceptors (Lipinski definition) is 4. The van der Waals surface area contributed by atoms with Gasteiger partial charge in [0.1, 0.15) is 13.2 Å². The van der Waals surface area contributed by atoms with Crippen LogP contribution in [0, 0.1) is 5.41 Å². The van der Waals surface area contributed by atoms with E-state index in [2.05, 4.69) is 24.5 Å². The second-order valence-corrected chi connectivity index (χ2v) is 6.03. The summed E-state index contributed by atoms with van der Waals surface area (Å²) in [5.74, 6) is 1.38. The predicted octanol–water partition coefficient (Wildman–Crippen LogP) is 1.78. The molecule has 1 saturated carbocycles. The zero-order chi connectivity index (χ0) is 14.2. The molecule has 2 aliphatic rings. The average molecular weight is 276 g/mol. The van der Waals surface area contributed by atoms with Crippen LogP contribution >= 0.6 is 0 Å². The quantitative estimate of drug-likeness (QED) is 0.880. The average Bonchev–Trinajstić information content (AvgIpc) is 3.04. The minimum absolute atomic E-state index is 0.0376. The van der Waals surface area contributed by atoms with Crippen LogP contribution in [-0.4, -0.2) is 31.7 Å². The Bertz CT molecular complexity index is 528. The number of anilines is 1. The maximum atomic E-state index is 11.9. The second-order valence-electron chi connectivity index (χ2n) is 6.03. The van der Waals surface area contributed by atoms with Crippen LogP contribution < -0.4 is 20.1 Å². The molecule has 1 aromatic carbocycles. The standard InChI is InChI=1S/C15H20N2O3/c1-15(2)8-13(15)16-9-14(18)17-10-3-4-11-12(7-10)20-6-5-19-11/h3-4,7,13,16H,5-6,8-9H2,1-2H3,(H,17,18). The fourth-order valence-electron chi connectivity index (χ4n) is 2.36. The molecule has 0 bridgehead atoms. The first-order valence-corrected chi connectivity index (χ1v) is 6.97. The molecular weight excluding hydrogens is 256 g/mol. The summed E-state index contributed by atoms with van der Waals surface area (Å²) in [6.07, 6.45) is 1.13. The van der Waals surface area contributed by atoms with Crippen LogP contribution in [0.2, 0.25) is 0 Å². The van der Waals surface area contributed by atoms with Crippen molar-refractivity contribution < 1.29 is 14.3 Å². The minimum Gasteiger partial charge on any atom is -0.486 e. The Hall–Kier alpha value is -1.75. The van der Waals surface area contributed by atoms with Gasteiger partial charge in [-0.05, 0) is 24.0 Å². The van der Waals surface area contributed by atoms with Gasteiger partial charge in [-0.3, -0.25) is 4.79 Å². The van der Waals surface area contributed by atoms with Crippen molar-refractivity contribution in [2.75, 3.05) is 25.1 Å². The summed E-state index contributed by atoms with van der Waals surface area (Å²) < 4.78 is 10.9. The van der Waals surface area contributed by atoms with Crippen LogP contribution in [0.3, 0.4) is 0 Å². The number of carbonyl (C=O) groups excluding carboxylic acids is 1. The van der Waals surface area contributed by atoms with E-state index in [1.54, 1.807) is 6.07 Å². The summed E-state index contributed by atoms with van der Waals surface area (Å²) in [4.78, 5) is 11.9. The smallest absolute Gasteiger partial charge is 0.238 e. The van der Waals surface area contributed by atoms with Gasteiger partial charge in [0.05, 0.1) is 6.54 Å².